The summed E-state index contributed by atoms with van der Waals surface area (Å²) in [6.07, 6.45) is 3.22. The number of halogens is 1. The summed E-state index contributed by atoms with van der Waals surface area (Å²) >= 11 is 0. The van der Waals surface area contributed by atoms with Crippen LogP contribution < -0.4 is 5.73 Å². The van der Waals surface area contributed by atoms with Gasteiger partial charge >= 0.3 is 0 Å². The highest BCUT2D eigenvalue weighted by Gasteiger charge is 2.25. The third-order valence-corrected chi connectivity index (χ3v) is 4.48. The van der Waals surface area contributed by atoms with Crippen molar-refractivity contribution in [3.05, 3.63) is 70.5 Å². The summed E-state index contributed by atoms with van der Waals surface area (Å²) in [5.74, 6) is 0.251. The van der Waals surface area contributed by atoms with E-state index in [9.17, 15) is 4.39 Å². The molecule has 2 unspecified atom stereocenters. The van der Waals surface area contributed by atoms with Crippen LogP contribution in [0.3, 0.4) is 0 Å². The first-order valence-electron chi connectivity index (χ1n) is 7.23. The van der Waals surface area contributed by atoms with Crippen molar-refractivity contribution in [1.29, 1.82) is 0 Å². The molecule has 2 N–H and O–H groups in total. The Morgan fingerprint density at radius 2 is 1.90 bits per heavy atom. The summed E-state index contributed by atoms with van der Waals surface area (Å²) in [4.78, 5) is 0. The van der Waals surface area contributed by atoms with E-state index in [1.54, 1.807) is 6.07 Å². The van der Waals surface area contributed by atoms with E-state index in [-0.39, 0.29) is 11.9 Å². The molecule has 2 heteroatoms. The molecular weight excluding hydrogens is 249 g/mol. The zero-order valence-corrected chi connectivity index (χ0v) is 11.8. The van der Waals surface area contributed by atoms with Crippen molar-refractivity contribution in [1.82, 2.24) is 0 Å². The van der Waals surface area contributed by atoms with Gasteiger partial charge in [-0.25, -0.2) is 4.39 Å². The Morgan fingerprint density at radius 1 is 1.15 bits per heavy atom. The van der Waals surface area contributed by atoms with Crippen molar-refractivity contribution in [3.8, 4) is 0 Å². The Hall–Kier alpha value is -1.67. The summed E-state index contributed by atoms with van der Waals surface area (Å²) in [5.41, 5.74) is 11.4. The van der Waals surface area contributed by atoms with E-state index in [0.717, 1.165) is 30.4 Å². The van der Waals surface area contributed by atoms with Crippen molar-refractivity contribution in [2.75, 3.05) is 0 Å². The number of fused-ring (bicyclic) bond motifs is 1. The topological polar surface area (TPSA) is 26.0 Å². The van der Waals surface area contributed by atoms with Crippen molar-refractivity contribution < 1.29 is 4.39 Å². The molecule has 0 fully saturated rings. The monoisotopic (exact) mass is 269 g/mol. The van der Waals surface area contributed by atoms with Crippen molar-refractivity contribution in [2.45, 2.75) is 32.2 Å². The Bertz CT molecular complexity index is 621. The standard InChI is InChI=1S/C18H20FN/c1-12-10-16(19)8-9-17(12)18(20)15-7-6-13-4-2-3-5-14(13)11-15/h2-5,8-10,15,18H,6-7,11,20H2,1H3. The average molecular weight is 269 g/mol. The van der Waals surface area contributed by atoms with Gasteiger partial charge in [-0.15, -0.1) is 0 Å². The van der Waals surface area contributed by atoms with Gasteiger partial charge in [0.15, 0.2) is 0 Å². The van der Waals surface area contributed by atoms with Gasteiger partial charge in [0, 0.05) is 6.04 Å². The Morgan fingerprint density at radius 3 is 2.65 bits per heavy atom. The average Bonchev–Trinajstić information content (AvgIpc) is 2.46. The van der Waals surface area contributed by atoms with Crippen LogP contribution in [0.4, 0.5) is 4.39 Å². The second kappa shape index (κ2) is 5.37. The Kier molecular flexibility index (Phi) is 3.58. The second-order valence-corrected chi connectivity index (χ2v) is 5.80. The first-order valence-corrected chi connectivity index (χ1v) is 7.23. The van der Waals surface area contributed by atoms with Gasteiger partial charge in [-0.3, -0.25) is 0 Å². The summed E-state index contributed by atoms with van der Waals surface area (Å²) in [5, 5.41) is 0. The quantitative estimate of drug-likeness (QED) is 0.878. The predicted octanol–water partition coefficient (Wildman–Crippen LogP) is 3.94. The minimum absolute atomic E-state index is 0.0102. The maximum absolute atomic E-state index is 13.2. The van der Waals surface area contributed by atoms with Crippen molar-refractivity contribution in [3.63, 3.8) is 0 Å². The normalized spacial score (nSPS) is 19.4. The van der Waals surface area contributed by atoms with Gasteiger partial charge in [0.25, 0.3) is 0 Å². The van der Waals surface area contributed by atoms with Gasteiger partial charge in [-0.05, 0) is 66.5 Å². The molecule has 2 aromatic rings. The number of hydrogen-bond acceptors (Lipinski definition) is 1. The molecule has 3 rings (SSSR count). The highest BCUT2D eigenvalue weighted by molar-refractivity contribution is 5.33. The largest absolute Gasteiger partial charge is 0.324 e. The first-order chi connectivity index (χ1) is 9.65. The molecular formula is C18H20FN. The van der Waals surface area contributed by atoms with Crippen molar-refractivity contribution >= 4 is 0 Å². The summed E-state index contributed by atoms with van der Waals surface area (Å²) in [6.45, 7) is 1.94. The van der Waals surface area contributed by atoms with Crippen LogP contribution in [0.1, 0.15) is 34.7 Å². The summed E-state index contributed by atoms with van der Waals surface area (Å²) < 4.78 is 13.2. The van der Waals surface area contributed by atoms with Crippen LogP contribution in [-0.4, -0.2) is 0 Å². The number of aryl methyl sites for hydroxylation is 2. The fourth-order valence-corrected chi connectivity index (χ4v) is 3.30. The molecule has 0 spiro atoms. The number of rotatable bonds is 2. The Balaban J connectivity index is 1.84. The van der Waals surface area contributed by atoms with E-state index in [4.69, 9.17) is 5.73 Å². The van der Waals surface area contributed by atoms with Crippen LogP contribution >= 0.6 is 0 Å². The molecule has 0 aromatic heterocycles. The van der Waals surface area contributed by atoms with Crippen LogP contribution in [0.15, 0.2) is 42.5 Å². The number of nitrogens with two attached hydrogens (primary N) is 1. The van der Waals surface area contributed by atoms with E-state index < -0.39 is 0 Å². The molecule has 1 aliphatic carbocycles. The molecule has 0 radical (unpaired) electrons. The SMILES string of the molecule is Cc1cc(F)ccc1C(N)C1CCc2ccccc2C1. The fraction of sp³-hybridized carbons (Fsp3) is 0.333. The third kappa shape index (κ3) is 2.48. The lowest BCUT2D eigenvalue weighted by atomic mass is 9.77. The van der Waals surface area contributed by atoms with E-state index in [2.05, 4.69) is 24.3 Å². The lowest BCUT2D eigenvalue weighted by Crippen LogP contribution is -2.27. The van der Waals surface area contributed by atoms with Crippen LogP contribution in [-0.2, 0) is 12.8 Å². The van der Waals surface area contributed by atoms with Crippen LogP contribution in [0.5, 0.6) is 0 Å². The second-order valence-electron chi connectivity index (χ2n) is 5.80. The summed E-state index contributed by atoms with van der Waals surface area (Å²) in [6, 6.07) is 13.5. The van der Waals surface area contributed by atoms with E-state index in [0.29, 0.717) is 5.92 Å². The molecule has 0 heterocycles. The van der Waals surface area contributed by atoms with E-state index in [1.807, 2.05) is 13.0 Å². The smallest absolute Gasteiger partial charge is 0.123 e. The molecule has 1 aliphatic rings. The van der Waals surface area contributed by atoms with E-state index >= 15 is 0 Å². The van der Waals surface area contributed by atoms with Crippen molar-refractivity contribution in [2.24, 2.45) is 11.7 Å². The van der Waals surface area contributed by atoms with Gasteiger partial charge in [0.1, 0.15) is 5.82 Å². The highest BCUT2D eigenvalue weighted by atomic mass is 19.1. The fourth-order valence-electron chi connectivity index (χ4n) is 3.30. The molecule has 2 atom stereocenters. The van der Waals surface area contributed by atoms with E-state index in [1.165, 1.54) is 17.2 Å². The van der Waals surface area contributed by atoms with Crippen LogP contribution in [0.2, 0.25) is 0 Å². The van der Waals surface area contributed by atoms with Gasteiger partial charge in [-0.1, -0.05) is 30.3 Å². The third-order valence-electron chi connectivity index (χ3n) is 4.48. The number of hydrogen-bond donors (Lipinski definition) is 1. The molecule has 0 amide bonds. The molecule has 104 valence electrons. The maximum Gasteiger partial charge on any atom is 0.123 e. The molecule has 20 heavy (non-hydrogen) atoms. The molecule has 0 saturated heterocycles. The lowest BCUT2D eigenvalue weighted by molar-refractivity contribution is 0.381. The highest BCUT2D eigenvalue weighted by Crippen LogP contribution is 2.33. The first kappa shape index (κ1) is 13.3. The summed E-state index contributed by atoms with van der Waals surface area (Å²) in [7, 11) is 0. The molecule has 0 bridgehead atoms. The van der Waals surface area contributed by atoms with Gasteiger partial charge in [0.05, 0.1) is 0 Å². The minimum Gasteiger partial charge on any atom is -0.324 e. The van der Waals surface area contributed by atoms with Crippen LogP contribution in [0, 0.1) is 18.7 Å². The predicted molar refractivity (Wildman–Crippen MR) is 80.0 cm³/mol. The molecule has 0 saturated carbocycles. The zero-order chi connectivity index (χ0) is 14.1. The van der Waals surface area contributed by atoms with Crippen LogP contribution in [0.25, 0.3) is 0 Å². The molecule has 1 nitrogen and oxygen atoms in total. The lowest BCUT2D eigenvalue weighted by Gasteiger charge is -2.30. The zero-order valence-electron chi connectivity index (χ0n) is 11.8. The molecule has 0 aliphatic heterocycles. The molecule has 2 aromatic carbocycles. The number of benzene rings is 2. The maximum atomic E-state index is 13.2. The Labute approximate surface area is 119 Å². The van der Waals surface area contributed by atoms with Gasteiger partial charge in [0.2, 0.25) is 0 Å². The van der Waals surface area contributed by atoms with Gasteiger partial charge in [-0.2, -0.15) is 0 Å². The van der Waals surface area contributed by atoms with Gasteiger partial charge < -0.3 is 5.73 Å². The minimum atomic E-state index is -0.188.